The van der Waals surface area contributed by atoms with Gasteiger partial charge in [0.25, 0.3) is 0 Å². The summed E-state index contributed by atoms with van der Waals surface area (Å²) in [5.41, 5.74) is 0. The van der Waals surface area contributed by atoms with Crippen molar-refractivity contribution in [3.63, 3.8) is 0 Å². The first kappa shape index (κ1) is 11.3. The Kier molecular flexibility index (Phi) is 4.49. The first-order chi connectivity index (χ1) is 6.19. The van der Waals surface area contributed by atoms with Gasteiger partial charge in [-0.2, -0.15) is 0 Å². The van der Waals surface area contributed by atoms with E-state index >= 15 is 0 Å². The Hall–Kier alpha value is 0.200. The predicted molar refractivity (Wildman–Crippen MR) is 64.5 cm³/mol. The molecule has 1 aliphatic heterocycles. The average molecular weight is 218 g/mol. The first-order valence-corrected chi connectivity index (χ1v) is 5.77. The summed E-state index contributed by atoms with van der Waals surface area (Å²) in [5, 5.41) is 3.52. The van der Waals surface area contributed by atoms with Crippen molar-refractivity contribution >= 4 is 29.2 Å². The minimum absolute atomic E-state index is 0.535. The first-order valence-electron chi connectivity index (χ1n) is 4.92. The van der Waals surface area contributed by atoms with Crippen LogP contribution < -0.4 is 5.32 Å². The lowest BCUT2D eigenvalue weighted by atomic mass is 10.1. The second-order valence-corrected chi connectivity index (χ2v) is 4.62. The molecule has 0 bridgehead atoms. The Morgan fingerprint density at radius 1 is 1.54 bits per heavy atom. The van der Waals surface area contributed by atoms with Gasteiger partial charge in [-0.3, -0.25) is 0 Å². The van der Waals surface area contributed by atoms with Crippen LogP contribution in [0.4, 0.5) is 0 Å². The van der Waals surface area contributed by atoms with Gasteiger partial charge in [0.05, 0.1) is 0 Å². The topological polar surface area (TPSA) is 15.3 Å². The Morgan fingerprint density at radius 2 is 2.23 bits per heavy atom. The minimum atomic E-state index is 0.535. The van der Waals surface area contributed by atoms with Crippen LogP contribution in [0.5, 0.6) is 0 Å². The maximum Gasteiger partial charge on any atom is 0.133 e. The number of thiol groups is 1. The number of rotatable bonds is 2. The molecule has 2 nitrogen and oxygen atoms in total. The minimum Gasteiger partial charge on any atom is -0.352 e. The third kappa shape index (κ3) is 2.82. The zero-order chi connectivity index (χ0) is 9.84. The summed E-state index contributed by atoms with van der Waals surface area (Å²) in [4.78, 5) is 2.24. The van der Waals surface area contributed by atoms with Crippen molar-refractivity contribution in [3.8, 4) is 0 Å². The molecule has 0 spiro atoms. The Morgan fingerprint density at radius 3 is 2.69 bits per heavy atom. The molecule has 76 valence electrons. The van der Waals surface area contributed by atoms with Crippen LogP contribution in [0.1, 0.15) is 26.7 Å². The Bertz CT molecular complexity index is 184. The van der Waals surface area contributed by atoms with Crippen molar-refractivity contribution in [1.29, 1.82) is 0 Å². The summed E-state index contributed by atoms with van der Waals surface area (Å²) < 4.78 is 0.742. The van der Waals surface area contributed by atoms with E-state index in [4.69, 9.17) is 12.2 Å². The standard InChI is InChI=1S/C9H18N2S2/c1-3-7-6-11(9(12)13)8(4-2)5-10-7/h7-8,10H,3-6H2,1-2H3,(H,12,13)/t7-,8+/m0/s1. The molecule has 0 amide bonds. The molecule has 0 aromatic carbocycles. The molecule has 0 saturated carbocycles. The summed E-state index contributed by atoms with van der Waals surface area (Å²) >= 11 is 9.39. The smallest absolute Gasteiger partial charge is 0.133 e. The van der Waals surface area contributed by atoms with Crippen molar-refractivity contribution < 1.29 is 0 Å². The molecule has 1 fully saturated rings. The van der Waals surface area contributed by atoms with E-state index in [-0.39, 0.29) is 0 Å². The zero-order valence-electron chi connectivity index (χ0n) is 8.29. The molecular weight excluding hydrogens is 200 g/mol. The number of piperazine rings is 1. The third-order valence-electron chi connectivity index (χ3n) is 2.71. The quantitative estimate of drug-likeness (QED) is 0.542. The average Bonchev–Trinajstić information content (AvgIpc) is 2.16. The van der Waals surface area contributed by atoms with E-state index in [1.165, 1.54) is 0 Å². The van der Waals surface area contributed by atoms with E-state index in [1.807, 2.05) is 0 Å². The fourth-order valence-corrected chi connectivity index (χ4v) is 2.20. The van der Waals surface area contributed by atoms with Crippen LogP contribution in [0.3, 0.4) is 0 Å². The molecule has 4 heteroatoms. The van der Waals surface area contributed by atoms with Gasteiger partial charge in [-0.25, -0.2) is 0 Å². The van der Waals surface area contributed by atoms with Gasteiger partial charge in [-0.1, -0.05) is 26.1 Å². The highest BCUT2D eigenvalue weighted by Gasteiger charge is 2.25. The van der Waals surface area contributed by atoms with Crippen molar-refractivity contribution in [2.24, 2.45) is 0 Å². The van der Waals surface area contributed by atoms with Gasteiger partial charge in [-0.15, -0.1) is 12.6 Å². The second-order valence-electron chi connectivity index (χ2n) is 3.51. The molecule has 1 N–H and O–H groups in total. The van der Waals surface area contributed by atoms with Gasteiger partial charge in [-0.05, 0) is 12.8 Å². The number of thiocarbonyl (C=S) groups is 1. The van der Waals surface area contributed by atoms with Gasteiger partial charge in [0.2, 0.25) is 0 Å². The molecule has 0 radical (unpaired) electrons. The van der Waals surface area contributed by atoms with Crippen molar-refractivity contribution in [1.82, 2.24) is 10.2 Å². The third-order valence-corrected chi connectivity index (χ3v) is 3.20. The van der Waals surface area contributed by atoms with E-state index in [0.717, 1.165) is 30.3 Å². The van der Waals surface area contributed by atoms with Gasteiger partial charge in [0.1, 0.15) is 4.32 Å². The highest BCUT2D eigenvalue weighted by atomic mass is 32.1. The summed E-state index contributed by atoms with van der Waals surface area (Å²) in [7, 11) is 0. The van der Waals surface area contributed by atoms with Crippen LogP contribution >= 0.6 is 24.8 Å². The molecule has 13 heavy (non-hydrogen) atoms. The van der Waals surface area contributed by atoms with Crippen molar-refractivity contribution in [3.05, 3.63) is 0 Å². The second kappa shape index (κ2) is 5.17. The summed E-state index contributed by atoms with van der Waals surface area (Å²) in [6.45, 7) is 6.44. The van der Waals surface area contributed by atoms with Crippen LogP contribution in [0.15, 0.2) is 0 Å². The monoisotopic (exact) mass is 218 g/mol. The number of nitrogens with zero attached hydrogens (tertiary/aromatic N) is 1. The maximum atomic E-state index is 5.12. The Balaban J connectivity index is 2.57. The lowest BCUT2D eigenvalue weighted by Crippen LogP contribution is -2.56. The Labute approximate surface area is 91.5 Å². The molecule has 0 aliphatic carbocycles. The van der Waals surface area contributed by atoms with E-state index in [9.17, 15) is 0 Å². The van der Waals surface area contributed by atoms with Gasteiger partial charge in [0.15, 0.2) is 0 Å². The SMILES string of the molecule is CC[C@H]1CN(C(=S)S)[C@H](CC)CN1. The molecule has 0 aromatic rings. The van der Waals surface area contributed by atoms with Crippen LogP contribution in [-0.4, -0.2) is 34.4 Å². The summed E-state index contributed by atoms with van der Waals surface area (Å²) in [5.74, 6) is 0. The lowest BCUT2D eigenvalue weighted by Gasteiger charge is -2.40. The van der Waals surface area contributed by atoms with Crippen LogP contribution in [0, 0.1) is 0 Å². The summed E-state index contributed by atoms with van der Waals surface area (Å²) in [6.07, 6.45) is 2.29. The van der Waals surface area contributed by atoms with E-state index in [0.29, 0.717) is 12.1 Å². The lowest BCUT2D eigenvalue weighted by molar-refractivity contribution is 0.212. The van der Waals surface area contributed by atoms with Gasteiger partial charge < -0.3 is 10.2 Å². The normalized spacial score (nSPS) is 29.0. The maximum absolute atomic E-state index is 5.12. The highest BCUT2D eigenvalue weighted by molar-refractivity contribution is 8.10. The number of hydrogen-bond donors (Lipinski definition) is 2. The van der Waals surface area contributed by atoms with E-state index in [2.05, 4.69) is 36.7 Å². The zero-order valence-corrected chi connectivity index (χ0v) is 10.00. The van der Waals surface area contributed by atoms with Gasteiger partial charge in [0, 0.05) is 25.2 Å². The molecule has 1 saturated heterocycles. The van der Waals surface area contributed by atoms with Gasteiger partial charge >= 0.3 is 0 Å². The summed E-state index contributed by atoms with van der Waals surface area (Å²) in [6, 6.07) is 1.11. The number of nitrogens with one attached hydrogen (secondary N) is 1. The van der Waals surface area contributed by atoms with Crippen molar-refractivity contribution in [2.45, 2.75) is 38.8 Å². The molecule has 0 unspecified atom stereocenters. The number of hydrogen-bond acceptors (Lipinski definition) is 2. The molecular formula is C9H18N2S2. The molecule has 1 heterocycles. The fourth-order valence-electron chi connectivity index (χ4n) is 1.74. The van der Waals surface area contributed by atoms with Crippen LogP contribution in [0.25, 0.3) is 0 Å². The predicted octanol–water partition coefficient (Wildman–Crippen LogP) is 1.66. The van der Waals surface area contributed by atoms with Crippen LogP contribution in [0.2, 0.25) is 0 Å². The molecule has 0 aromatic heterocycles. The van der Waals surface area contributed by atoms with Crippen LogP contribution in [-0.2, 0) is 0 Å². The largest absolute Gasteiger partial charge is 0.352 e. The molecule has 1 aliphatic rings. The van der Waals surface area contributed by atoms with E-state index in [1.54, 1.807) is 0 Å². The highest BCUT2D eigenvalue weighted by Crippen LogP contribution is 2.14. The molecule has 2 atom stereocenters. The fraction of sp³-hybridized carbons (Fsp3) is 0.889. The molecule has 1 rings (SSSR count). The van der Waals surface area contributed by atoms with E-state index < -0.39 is 0 Å². The van der Waals surface area contributed by atoms with Crippen molar-refractivity contribution in [2.75, 3.05) is 13.1 Å².